The minimum Gasteiger partial charge on any atom is -0.292 e. The lowest BCUT2D eigenvalue weighted by Gasteiger charge is -2.37. The molecule has 5 aliphatic rings. The van der Waals surface area contributed by atoms with E-state index in [0.717, 1.165) is 16.4 Å². The first-order chi connectivity index (χ1) is 16.4. The summed E-state index contributed by atoms with van der Waals surface area (Å²) < 4.78 is 0. The molecule has 172 valence electrons. The van der Waals surface area contributed by atoms with Crippen LogP contribution in [0.3, 0.4) is 0 Å². The van der Waals surface area contributed by atoms with Crippen molar-refractivity contribution < 1.29 is 19.2 Å². The van der Waals surface area contributed by atoms with Crippen LogP contribution in [0.5, 0.6) is 0 Å². The molecule has 8 heteroatoms. The average molecular weight is 495 g/mol. The van der Waals surface area contributed by atoms with Gasteiger partial charge in [0, 0.05) is 10.6 Å². The SMILES string of the molecule is O=C(CN(C(=O)c1ccc(Cl)cc1Cl)N1C(=O)[C@@H]2[C@H]3C=C[C@@H]([C@@H]4C[C@H]34)[C@@H]2C1=O)c1ccccc1. The lowest BCUT2D eigenvalue weighted by Crippen LogP contribution is -2.52. The smallest absolute Gasteiger partial charge is 0.274 e. The fourth-order valence-corrected chi connectivity index (χ4v) is 6.56. The normalized spacial score (nSPS) is 30.2. The van der Waals surface area contributed by atoms with Crippen LogP contribution in [0.25, 0.3) is 0 Å². The summed E-state index contributed by atoms with van der Waals surface area (Å²) in [5.41, 5.74) is 0.438. The molecule has 34 heavy (non-hydrogen) atoms. The summed E-state index contributed by atoms with van der Waals surface area (Å²) in [6.45, 7) is -0.464. The molecule has 1 aliphatic heterocycles. The van der Waals surface area contributed by atoms with Gasteiger partial charge >= 0.3 is 0 Å². The van der Waals surface area contributed by atoms with E-state index in [2.05, 4.69) is 12.2 Å². The summed E-state index contributed by atoms with van der Waals surface area (Å²) in [6.07, 6.45) is 5.16. The van der Waals surface area contributed by atoms with E-state index < -0.39 is 41.9 Å². The van der Waals surface area contributed by atoms with Crippen LogP contribution in [0.1, 0.15) is 27.1 Å². The van der Waals surface area contributed by atoms with Crippen molar-refractivity contribution >= 4 is 46.7 Å². The molecule has 6 nitrogen and oxygen atoms in total. The molecule has 0 N–H and O–H groups in total. The number of allylic oxidation sites excluding steroid dienone is 2. The average Bonchev–Trinajstić information content (AvgIpc) is 3.61. The first kappa shape index (κ1) is 21.6. The maximum Gasteiger partial charge on any atom is 0.274 e. The summed E-state index contributed by atoms with van der Waals surface area (Å²) in [5.74, 6) is -2.05. The van der Waals surface area contributed by atoms with Crippen LogP contribution < -0.4 is 0 Å². The third-order valence-corrected chi connectivity index (χ3v) is 8.21. The minimum atomic E-state index is -0.697. The quantitative estimate of drug-likeness (QED) is 0.353. The highest BCUT2D eigenvalue weighted by molar-refractivity contribution is 6.36. The second-order valence-electron chi connectivity index (χ2n) is 9.42. The van der Waals surface area contributed by atoms with Crippen molar-refractivity contribution in [3.63, 3.8) is 0 Å². The highest BCUT2D eigenvalue weighted by atomic mass is 35.5. The third kappa shape index (κ3) is 3.16. The fourth-order valence-electron chi connectivity index (χ4n) is 6.07. The predicted molar refractivity (Wildman–Crippen MR) is 125 cm³/mol. The Balaban J connectivity index is 1.39. The molecule has 2 saturated carbocycles. The molecule has 0 aromatic heterocycles. The molecule has 7 rings (SSSR count). The van der Waals surface area contributed by atoms with Crippen LogP contribution >= 0.6 is 23.2 Å². The Morgan fingerprint density at radius 1 is 0.912 bits per heavy atom. The molecule has 2 aromatic carbocycles. The number of imide groups is 1. The van der Waals surface area contributed by atoms with Gasteiger partial charge in [-0.15, -0.1) is 0 Å². The number of carbonyl (C=O) groups excluding carboxylic acids is 4. The van der Waals surface area contributed by atoms with Gasteiger partial charge < -0.3 is 0 Å². The predicted octanol–water partition coefficient (Wildman–Crippen LogP) is 4.29. The van der Waals surface area contributed by atoms with Crippen LogP contribution in [0, 0.1) is 35.5 Å². The molecule has 3 amide bonds. The first-order valence-corrected chi connectivity index (χ1v) is 12.0. The van der Waals surface area contributed by atoms with E-state index >= 15 is 0 Å². The summed E-state index contributed by atoms with van der Waals surface area (Å²) in [6, 6.07) is 12.8. The summed E-state index contributed by atoms with van der Waals surface area (Å²) in [7, 11) is 0. The van der Waals surface area contributed by atoms with Gasteiger partial charge in [-0.25, -0.2) is 5.01 Å². The molecule has 0 spiro atoms. The molecular formula is C26H20Cl2N2O4. The molecule has 2 aromatic rings. The molecule has 1 saturated heterocycles. The third-order valence-electron chi connectivity index (χ3n) is 7.67. The highest BCUT2D eigenvalue weighted by Crippen LogP contribution is 2.65. The lowest BCUT2D eigenvalue weighted by molar-refractivity contribution is -0.154. The minimum absolute atomic E-state index is 0.00217. The van der Waals surface area contributed by atoms with Crippen LogP contribution in [-0.2, 0) is 9.59 Å². The van der Waals surface area contributed by atoms with Crippen molar-refractivity contribution in [3.05, 3.63) is 81.9 Å². The Kier molecular flexibility index (Phi) is 4.94. The Labute approximate surface area is 206 Å². The molecule has 0 radical (unpaired) electrons. The second kappa shape index (κ2) is 7.79. The van der Waals surface area contributed by atoms with Crippen LogP contribution in [0.2, 0.25) is 10.0 Å². The molecule has 1 heterocycles. The van der Waals surface area contributed by atoms with Crippen LogP contribution in [0.15, 0.2) is 60.7 Å². The van der Waals surface area contributed by atoms with Crippen molar-refractivity contribution in [2.75, 3.05) is 6.54 Å². The van der Waals surface area contributed by atoms with E-state index in [9.17, 15) is 19.2 Å². The monoisotopic (exact) mass is 494 g/mol. The van der Waals surface area contributed by atoms with Gasteiger partial charge in [0.25, 0.3) is 17.7 Å². The van der Waals surface area contributed by atoms with Gasteiger partial charge in [0.05, 0.1) is 22.4 Å². The van der Waals surface area contributed by atoms with E-state index in [1.807, 2.05) is 0 Å². The number of halogens is 2. The van der Waals surface area contributed by atoms with E-state index in [-0.39, 0.29) is 22.4 Å². The largest absolute Gasteiger partial charge is 0.292 e. The number of ketones is 1. The van der Waals surface area contributed by atoms with Crippen LogP contribution in [-0.4, -0.2) is 40.1 Å². The molecular weight excluding hydrogens is 475 g/mol. The topological polar surface area (TPSA) is 74.8 Å². The molecule has 2 bridgehead atoms. The maximum absolute atomic E-state index is 13.7. The summed E-state index contributed by atoms with van der Waals surface area (Å²) in [5, 5.41) is 2.31. The van der Waals surface area contributed by atoms with Gasteiger partial charge in [-0.3, -0.25) is 19.2 Å². The van der Waals surface area contributed by atoms with E-state index in [4.69, 9.17) is 23.2 Å². The van der Waals surface area contributed by atoms with Crippen LogP contribution in [0.4, 0.5) is 0 Å². The Bertz CT molecular complexity index is 1240. The number of nitrogens with zero attached hydrogens (tertiary/aromatic N) is 2. The zero-order chi connectivity index (χ0) is 23.7. The number of rotatable bonds is 5. The van der Waals surface area contributed by atoms with Gasteiger partial charge in [0.2, 0.25) is 0 Å². The summed E-state index contributed by atoms with van der Waals surface area (Å²) in [4.78, 5) is 54.1. The van der Waals surface area contributed by atoms with Gasteiger partial charge in [0.15, 0.2) is 5.78 Å². The Morgan fingerprint density at radius 2 is 1.53 bits per heavy atom. The van der Waals surface area contributed by atoms with Gasteiger partial charge in [0.1, 0.15) is 6.54 Å². The standard InChI is InChI=1S/C26H20Cl2N2O4/c27-14-6-7-17(20(28)10-14)24(32)29(12-21(31)13-4-2-1-3-5-13)30-25(33)22-15-8-9-16(19-11-18(15)19)23(22)26(30)34/h1-10,15-16,18-19,22-23H,11-12H2/t15-,16-,18-,19+,22-,23+/m0/s1. The Hall–Kier alpha value is -2.96. The highest BCUT2D eigenvalue weighted by Gasteiger charge is 2.68. The maximum atomic E-state index is 13.7. The molecule has 6 atom stereocenters. The number of hydrogen-bond acceptors (Lipinski definition) is 4. The molecule has 3 fully saturated rings. The Morgan fingerprint density at radius 3 is 2.12 bits per heavy atom. The van der Waals surface area contributed by atoms with Crippen molar-refractivity contribution in [1.29, 1.82) is 0 Å². The van der Waals surface area contributed by atoms with Crippen molar-refractivity contribution in [2.24, 2.45) is 35.5 Å². The number of Topliss-reactive ketones (excluding diaryl/α,β-unsaturated/α-hetero) is 1. The molecule has 4 aliphatic carbocycles. The van der Waals surface area contributed by atoms with Gasteiger partial charge in [-0.05, 0) is 48.3 Å². The number of carbonyl (C=O) groups is 4. The van der Waals surface area contributed by atoms with Crippen molar-refractivity contribution in [2.45, 2.75) is 6.42 Å². The van der Waals surface area contributed by atoms with E-state index in [1.54, 1.807) is 30.3 Å². The zero-order valence-electron chi connectivity index (χ0n) is 17.9. The number of hydrazine groups is 1. The summed E-state index contributed by atoms with van der Waals surface area (Å²) >= 11 is 12.3. The lowest BCUT2D eigenvalue weighted by atomic mass is 9.63. The number of hydrogen-bond donors (Lipinski definition) is 0. The van der Waals surface area contributed by atoms with Crippen molar-refractivity contribution in [3.8, 4) is 0 Å². The number of benzene rings is 2. The van der Waals surface area contributed by atoms with Gasteiger partial charge in [-0.1, -0.05) is 65.7 Å². The second-order valence-corrected chi connectivity index (χ2v) is 10.3. The molecule has 0 unspecified atom stereocenters. The number of amides is 3. The van der Waals surface area contributed by atoms with Crippen molar-refractivity contribution in [1.82, 2.24) is 10.0 Å². The fraction of sp³-hybridized carbons (Fsp3) is 0.308. The van der Waals surface area contributed by atoms with E-state index in [0.29, 0.717) is 22.4 Å². The van der Waals surface area contributed by atoms with E-state index in [1.165, 1.54) is 18.2 Å². The van der Waals surface area contributed by atoms with Gasteiger partial charge in [-0.2, -0.15) is 5.01 Å². The zero-order valence-corrected chi connectivity index (χ0v) is 19.4. The first-order valence-electron chi connectivity index (χ1n) is 11.3.